The van der Waals surface area contributed by atoms with Crippen LogP contribution in [0.5, 0.6) is 0 Å². The largest absolute Gasteiger partial charge is 0.263 e. The van der Waals surface area contributed by atoms with Crippen molar-refractivity contribution in [2.45, 2.75) is 19.8 Å². The van der Waals surface area contributed by atoms with Crippen molar-refractivity contribution in [2.75, 3.05) is 0 Å². The Balaban J connectivity index is 1.70. The second kappa shape index (κ2) is 5.36. The Morgan fingerprint density at radius 3 is 2.79 bits per heavy atom. The van der Waals surface area contributed by atoms with Gasteiger partial charge >= 0.3 is 0 Å². The van der Waals surface area contributed by atoms with Gasteiger partial charge in [-0.05, 0) is 35.9 Å². The van der Waals surface area contributed by atoms with Crippen LogP contribution >= 0.6 is 11.3 Å². The van der Waals surface area contributed by atoms with E-state index in [1.165, 1.54) is 11.1 Å². The van der Waals surface area contributed by atoms with E-state index >= 15 is 0 Å². The van der Waals surface area contributed by atoms with Crippen LogP contribution in [0.2, 0.25) is 0 Å². The summed E-state index contributed by atoms with van der Waals surface area (Å²) in [4.78, 5) is 5.65. The molecule has 0 bridgehead atoms. The summed E-state index contributed by atoms with van der Waals surface area (Å²) in [6, 6.07) is 12.5. The lowest BCUT2D eigenvalue weighted by molar-refractivity contribution is 0.860. The monoisotopic (exact) mass is 269 g/mol. The van der Waals surface area contributed by atoms with Gasteiger partial charge in [0.25, 0.3) is 0 Å². The fraction of sp³-hybridized carbons (Fsp3) is 0.200. The van der Waals surface area contributed by atoms with Gasteiger partial charge < -0.3 is 0 Å². The highest BCUT2D eigenvalue weighted by Crippen LogP contribution is 2.20. The molecule has 0 aliphatic heterocycles. The smallest absolute Gasteiger partial charge is 0.191 e. The van der Waals surface area contributed by atoms with E-state index in [2.05, 4.69) is 46.4 Å². The Hall–Kier alpha value is -1.94. The lowest BCUT2D eigenvalue weighted by atomic mass is 10.0. The number of aromatic nitrogens is 3. The first-order valence-electron chi connectivity index (χ1n) is 6.32. The number of aryl methyl sites for hydroxylation is 3. The van der Waals surface area contributed by atoms with Crippen LogP contribution in [0.4, 0.5) is 0 Å². The van der Waals surface area contributed by atoms with Gasteiger partial charge in [-0.25, -0.2) is 4.98 Å². The number of hydrogen-bond donors (Lipinski definition) is 1. The van der Waals surface area contributed by atoms with Crippen molar-refractivity contribution in [3.05, 3.63) is 58.7 Å². The average Bonchev–Trinajstić information content (AvgIpc) is 3.09. The molecule has 3 aromatic rings. The first-order chi connectivity index (χ1) is 9.33. The Morgan fingerprint density at radius 2 is 2.00 bits per heavy atom. The van der Waals surface area contributed by atoms with E-state index in [1.807, 2.05) is 17.5 Å². The van der Waals surface area contributed by atoms with Crippen molar-refractivity contribution in [3.8, 4) is 10.7 Å². The lowest BCUT2D eigenvalue weighted by Crippen LogP contribution is -1.95. The number of nitrogens with one attached hydrogen (secondary N) is 1. The highest BCUT2D eigenvalue weighted by Gasteiger charge is 2.07. The van der Waals surface area contributed by atoms with Gasteiger partial charge in [0.15, 0.2) is 5.82 Å². The molecule has 2 aromatic heterocycles. The van der Waals surface area contributed by atoms with Gasteiger partial charge in [0.1, 0.15) is 5.82 Å². The Kier molecular flexibility index (Phi) is 3.42. The van der Waals surface area contributed by atoms with Crippen molar-refractivity contribution >= 4 is 11.3 Å². The zero-order chi connectivity index (χ0) is 13.1. The van der Waals surface area contributed by atoms with Gasteiger partial charge in [-0.15, -0.1) is 11.3 Å². The van der Waals surface area contributed by atoms with Gasteiger partial charge in [0.05, 0.1) is 4.88 Å². The minimum absolute atomic E-state index is 0.801. The van der Waals surface area contributed by atoms with Gasteiger partial charge in [-0.1, -0.05) is 30.3 Å². The van der Waals surface area contributed by atoms with Gasteiger partial charge in [0.2, 0.25) is 0 Å². The van der Waals surface area contributed by atoms with Crippen molar-refractivity contribution < 1.29 is 0 Å². The number of aromatic amines is 1. The molecule has 2 heterocycles. The normalized spacial score (nSPS) is 10.8. The summed E-state index contributed by atoms with van der Waals surface area (Å²) in [7, 11) is 0. The first kappa shape index (κ1) is 12.1. The van der Waals surface area contributed by atoms with E-state index in [-0.39, 0.29) is 0 Å². The molecule has 0 atom stereocenters. The van der Waals surface area contributed by atoms with Crippen molar-refractivity contribution in [3.63, 3.8) is 0 Å². The van der Waals surface area contributed by atoms with Crippen LogP contribution in [0, 0.1) is 6.92 Å². The number of hydrogen-bond acceptors (Lipinski definition) is 3. The highest BCUT2D eigenvalue weighted by molar-refractivity contribution is 7.13. The predicted molar refractivity (Wildman–Crippen MR) is 78.3 cm³/mol. The zero-order valence-corrected chi connectivity index (χ0v) is 11.6. The van der Waals surface area contributed by atoms with Crippen molar-refractivity contribution in [2.24, 2.45) is 0 Å². The maximum absolute atomic E-state index is 4.54. The molecule has 0 saturated heterocycles. The van der Waals surface area contributed by atoms with E-state index in [0.717, 1.165) is 29.4 Å². The van der Waals surface area contributed by atoms with Crippen LogP contribution in [0.1, 0.15) is 17.0 Å². The zero-order valence-electron chi connectivity index (χ0n) is 10.8. The topological polar surface area (TPSA) is 41.6 Å². The lowest BCUT2D eigenvalue weighted by Gasteiger charge is -2.02. The van der Waals surface area contributed by atoms with E-state index in [0.29, 0.717) is 0 Å². The number of H-pyrrole nitrogens is 1. The average molecular weight is 269 g/mol. The molecule has 0 saturated carbocycles. The number of nitrogens with zero attached hydrogens (tertiary/aromatic N) is 2. The van der Waals surface area contributed by atoms with Crippen molar-refractivity contribution in [1.29, 1.82) is 0 Å². The minimum Gasteiger partial charge on any atom is -0.263 e. The molecular weight excluding hydrogens is 254 g/mol. The van der Waals surface area contributed by atoms with Crippen molar-refractivity contribution in [1.82, 2.24) is 15.2 Å². The summed E-state index contributed by atoms with van der Waals surface area (Å²) in [5.74, 6) is 1.75. The maximum Gasteiger partial charge on any atom is 0.191 e. The standard InChI is InChI=1S/C15H15N3S/c1-11-5-2-3-6-12(11)8-9-14-16-15(18-17-14)13-7-4-10-19-13/h2-7,10H,8-9H2,1H3,(H,16,17,18). The minimum atomic E-state index is 0.801. The summed E-state index contributed by atoms with van der Waals surface area (Å²) < 4.78 is 0. The summed E-state index contributed by atoms with van der Waals surface area (Å²) >= 11 is 1.66. The molecule has 0 amide bonds. The van der Waals surface area contributed by atoms with Crippen LogP contribution in [-0.2, 0) is 12.8 Å². The van der Waals surface area contributed by atoms with Gasteiger partial charge in [0, 0.05) is 6.42 Å². The SMILES string of the molecule is Cc1ccccc1CCc1nc(-c2cccs2)n[nH]1. The van der Waals surface area contributed by atoms with Gasteiger partial charge in [-0.3, -0.25) is 5.10 Å². The van der Waals surface area contributed by atoms with Crippen LogP contribution in [0.15, 0.2) is 41.8 Å². The fourth-order valence-corrected chi connectivity index (χ4v) is 2.72. The van der Waals surface area contributed by atoms with E-state index < -0.39 is 0 Å². The third-order valence-corrected chi connectivity index (χ3v) is 4.03. The number of benzene rings is 1. The predicted octanol–water partition coefficient (Wildman–Crippen LogP) is 3.63. The molecule has 96 valence electrons. The molecule has 0 aliphatic carbocycles. The summed E-state index contributed by atoms with van der Waals surface area (Å²) in [5, 5.41) is 9.34. The molecular formula is C15H15N3S. The summed E-state index contributed by atoms with van der Waals surface area (Å²) in [6.45, 7) is 2.15. The fourth-order valence-electron chi connectivity index (χ4n) is 2.07. The number of rotatable bonds is 4. The van der Waals surface area contributed by atoms with Gasteiger partial charge in [-0.2, -0.15) is 5.10 Å². The third kappa shape index (κ3) is 2.74. The number of thiophene rings is 1. The molecule has 3 nitrogen and oxygen atoms in total. The molecule has 0 unspecified atom stereocenters. The molecule has 0 radical (unpaired) electrons. The maximum atomic E-state index is 4.54. The highest BCUT2D eigenvalue weighted by atomic mass is 32.1. The third-order valence-electron chi connectivity index (χ3n) is 3.17. The Morgan fingerprint density at radius 1 is 1.11 bits per heavy atom. The first-order valence-corrected chi connectivity index (χ1v) is 7.20. The summed E-state index contributed by atoms with van der Waals surface area (Å²) in [5.41, 5.74) is 2.71. The molecule has 1 aromatic carbocycles. The molecule has 4 heteroatoms. The molecule has 3 rings (SSSR count). The van der Waals surface area contributed by atoms with Crippen LogP contribution in [-0.4, -0.2) is 15.2 Å². The molecule has 1 N–H and O–H groups in total. The second-order valence-corrected chi connectivity index (χ2v) is 5.46. The molecule has 0 spiro atoms. The molecule has 0 aliphatic rings. The van der Waals surface area contributed by atoms with E-state index in [9.17, 15) is 0 Å². The second-order valence-electron chi connectivity index (χ2n) is 4.51. The molecule has 0 fully saturated rings. The van der Waals surface area contributed by atoms with Crippen LogP contribution < -0.4 is 0 Å². The molecule has 19 heavy (non-hydrogen) atoms. The van der Waals surface area contributed by atoms with Crippen LogP contribution in [0.3, 0.4) is 0 Å². The van der Waals surface area contributed by atoms with E-state index in [4.69, 9.17) is 0 Å². The van der Waals surface area contributed by atoms with Crippen LogP contribution in [0.25, 0.3) is 10.7 Å². The Labute approximate surface area is 116 Å². The Bertz CT molecular complexity index is 656. The quantitative estimate of drug-likeness (QED) is 0.786. The summed E-state index contributed by atoms with van der Waals surface area (Å²) in [6.07, 6.45) is 1.88. The van der Waals surface area contributed by atoms with E-state index in [1.54, 1.807) is 11.3 Å².